The van der Waals surface area contributed by atoms with E-state index in [0.29, 0.717) is 5.56 Å². The molecule has 0 aliphatic heterocycles. The van der Waals surface area contributed by atoms with Crippen LogP contribution < -0.4 is 5.14 Å². The summed E-state index contributed by atoms with van der Waals surface area (Å²) in [4.78, 5) is 0.217. The van der Waals surface area contributed by atoms with Crippen LogP contribution in [0.5, 0.6) is 0 Å². The normalized spacial score (nSPS) is 13.8. The Bertz CT molecular complexity index is 982. The molecular weight excluding hydrogens is 360 g/mol. The Morgan fingerprint density at radius 1 is 0.880 bits per heavy atom. The highest BCUT2D eigenvalue weighted by atomic mass is 32.2. The molecule has 25 heavy (non-hydrogen) atoms. The van der Waals surface area contributed by atoms with Gasteiger partial charge >= 0.3 is 0 Å². The molecule has 0 heterocycles. The average Bonchev–Trinajstić information content (AvgIpc) is 2.55. The van der Waals surface area contributed by atoms with E-state index in [-0.39, 0.29) is 9.79 Å². The second-order valence-corrected chi connectivity index (χ2v) is 9.62. The minimum atomic E-state index is -3.78. The van der Waals surface area contributed by atoms with Crippen molar-refractivity contribution in [3.8, 4) is 0 Å². The van der Waals surface area contributed by atoms with Gasteiger partial charge in [-0.25, -0.2) is 22.0 Å². The lowest BCUT2D eigenvalue weighted by Crippen LogP contribution is -2.30. The molecule has 0 fully saturated rings. The van der Waals surface area contributed by atoms with Crippen molar-refractivity contribution in [1.82, 2.24) is 4.31 Å². The fraction of sp³-hybridized carbons (Fsp3) is 0.294. The second-order valence-electron chi connectivity index (χ2n) is 6.06. The molecule has 2 N–H and O–H groups in total. The monoisotopic (exact) mass is 382 g/mol. The van der Waals surface area contributed by atoms with Crippen molar-refractivity contribution in [2.75, 3.05) is 7.05 Å². The first-order valence-electron chi connectivity index (χ1n) is 7.62. The van der Waals surface area contributed by atoms with Crippen LogP contribution in [0.15, 0.2) is 52.3 Å². The van der Waals surface area contributed by atoms with Crippen molar-refractivity contribution >= 4 is 20.0 Å². The average molecular weight is 383 g/mol. The van der Waals surface area contributed by atoms with Crippen LogP contribution >= 0.6 is 0 Å². The van der Waals surface area contributed by atoms with Gasteiger partial charge in [0.15, 0.2) is 0 Å². The number of rotatable bonds is 5. The van der Waals surface area contributed by atoms with Gasteiger partial charge < -0.3 is 0 Å². The van der Waals surface area contributed by atoms with Gasteiger partial charge in [0.05, 0.1) is 9.79 Å². The number of hydrogen-bond donors (Lipinski definition) is 1. The van der Waals surface area contributed by atoms with E-state index in [1.54, 1.807) is 37.3 Å². The van der Waals surface area contributed by atoms with Gasteiger partial charge in [-0.15, -0.1) is 0 Å². The highest BCUT2D eigenvalue weighted by molar-refractivity contribution is 7.89. The molecule has 0 amide bonds. The van der Waals surface area contributed by atoms with Crippen LogP contribution in [0.3, 0.4) is 0 Å². The van der Waals surface area contributed by atoms with E-state index in [1.807, 2.05) is 13.8 Å². The van der Waals surface area contributed by atoms with E-state index in [4.69, 9.17) is 5.14 Å². The summed E-state index contributed by atoms with van der Waals surface area (Å²) in [5.74, 6) is 0. The van der Waals surface area contributed by atoms with Gasteiger partial charge in [-0.3, -0.25) is 0 Å². The minimum absolute atomic E-state index is 0.0110. The van der Waals surface area contributed by atoms with E-state index in [2.05, 4.69) is 0 Å². The summed E-state index contributed by atoms with van der Waals surface area (Å²) in [5.41, 5.74) is 2.59. The maximum atomic E-state index is 12.8. The van der Waals surface area contributed by atoms with Crippen molar-refractivity contribution in [2.45, 2.75) is 36.6 Å². The lowest BCUT2D eigenvalue weighted by atomic mass is 10.1. The molecule has 0 saturated heterocycles. The molecule has 2 aromatic rings. The van der Waals surface area contributed by atoms with Gasteiger partial charge in [0, 0.05) is 13.1 Å². The van der Waals surface area contributed by atoms with Crippen LogP contribution in [0.4, 0.5) is 0 Å². The molecular formula is C17H22N2O4S2. The molecule has 0 aromatic heterocycles. The number of sulfonamides is 2. The Labute approximate surface area is 149 Å². The van der Waals surface area contributed by atoms with Crippen LogP contribution in [0.1, 0.15) is 29.7 Å². The van der Waals surface area contributed by atoms with Crippen molar-refractivity contribution in [3.05, 3.63) is 59.2 Å². The van der Waals surface area contributed by atoms with Gasteiger partial charge in [-0.2, -0.15) is 4.31 Å². The zero-order valence-electron chi connectivity index (χ0n) is 14.6. The van der Waals surface area contributed by atoms with Crippen LogP contribution in [0, 0.1) is 13.8 Å². The first-order chi connectivity index (χ1) is 11.4. The topological polar surface area (TPSA) is 97.5 Å². The summed E-state index contributed by atoms with van der Waals surface area (Å²) >= 11 is 0. The van der Waals surface area contributed by atoms with E-state index in [0.717, 1.165) is 11.1 Å². The fourth-order valence-corrected chi connectivity index (χ4v) is 4.35. The Balaban J connectivity index is 2.35. The summed E-state index contributed by atoms with van der Waals surface area (Å²) in [7, 11) is -5.95. The summed E-state index contributed by atoms with van der Waals surface area (Å²) < 4.78 is 49.6. The highest BCUT2D eigenvalue weighted by Crippen LogP contribution is 2.27. The smallest absolute Gasteiger partial charge is 0.225 e. The lowest BCUT2D eigenvalue weighted by Gasteiger charge is -2.25. The predicted molar refractivity (Wildman–Crippen MR) is 97.1 cm³/mol. The quantitative estimate of drug-likeness (QED) is 0.858. The molecule has 136 valence electrons. The Morgan fingerprint density at radius 3 is 1.88 bits per heavy atom. The molecule has 2 aromatic carbocycles. The van der Waals surface area contributed by atoms with E-state index < -0.39 is 26.1 Å². The van der Waals surface area contributed by atoms with Gasteiger partial charge in [0.2, 0.25) is 20.0 Å². The molecule has 0 aliphatic rings. The van der Waals surface area contributed by atoms with Crippen LogP contribution in [-0.2, 0) is 20.0 Å². The van der Waals surface area contributed by atoms with E-state index in [9.17, 15) is 16.8 Å². The van der Waals surface area contributed by atoms with Gasteiger partial charge in [-0.1, -0.05) is 18.2 Å². The molecule has 8 heteroatoms. The zero-order chi connectivity index (χ0) is 19.0. The number of primary sulfonamides is 1. The molecule has 0 spiro atoms. The molecule has 0 radical (unpaired) electrons. The SMILES string of the molecule is Cc1ccc(S(=O)(=O)N(C)[C@H](C)c2ccc(S(N)(=O)=O)cc2)cc1C. The molecule has 0 aliphatic carbocycles. The summed E-state index contributed by atoms with van der Waals surface area (Å²) in [6.45, 7) is 5.53. The predicted octanol–water partition coefficient (Wildman–Crippen LogP) is 2.33. The third kappa shape index (κ3) is 4.09. The highest BCUT2D eigenvalue weighted by Gasteiger charge is 2.26. The van der Waals surface area contributed by atoms with Crippen molar-refractivity contribution in [1.29, 1.82) is 0 Å². The first-order valence-corrected chi connectivity index (χ1v) is 10.6. The lowest BCUT2D eigenvalue weighted by molar-refractivity contribution is 0.398. The summed E-state index contributed by atoms with van der Waals surface area (Å²) in [5, 5.41) is 5.08. The molecule has 0 saturated carbocycles. The second kappa shape index (κ2) is 6.87. The fourth-order valence-electron chi connectivity index (χ4n) is 2.39. The Hall–Kier alpha value is -1.74. The Kier molecular flexibility index (Phi) is 5.38. The Morgan fingerprint density at radius 2 is 1.40 bits per heavy atom. The zero-order valence-corrected chi connectivity index (χ0v) is 16.2. The third-order valence-electron chi connectivity index (χ3n) is 4.39. The number of benzene rings is 2. The van der Waals surface area contributed by atoms with Gasteiger partial charge in [0.25, 0.3) is 0 Å². The summed E-state index contributed by atoms with van der Waals surface area (Å²) in [6, 6.07) is 10.4. The maximum absolute atomic E-state index is 12.8. The largest absolute Gasteiger partial charge is 0.243 e. The summed E-state index contributed by atoms with van der Waals surface area (Å²) in [6.07, 6.45) is 0. The minimum Gasteiger partial charge on any atom is -0.225 e. The molecule has 6 nitrogen and oxygen atoms in total. The first kappa shape index (κ1) is 19.6. The maximum Gasteiger partial charge on any atom is 0.243 e. The standard InChI is InChI=1S/C17H22N2O4S2/c1-12-5-8-17(11-13(12)2)25(22,23)19(4)14(3)15-6-9-16(10-7-15)24(18,20)21/h5-11,14H,1-4H3,(H2,18,20,21)/t14-/m1/s1. The number of hydrogen-bond acceptors (Lipinski definition) is 4. The van der Waals surface area contributed by atoms with Crippen molar-refractivity contribution < 1.29 is 16.8 Å². The molecule has 0 unspecified atom stereocenters. The number of nitrogens with two attached hydrogens (primary N) is 1. The molecule has 1 atom stereocenters. The third-order valence-corrected chi connectivity index (χ3v) is 7.25. The van der Waals surface area contributed by atoms with Crippen molar-refractivity contribution in [3.63, 3.8) is 0 Å². The van der Waals surface area contributed by atoms with Crippen LogP contribution in [0.25, 0.3) is 0 Å². The van der Waals surface area contributed by atoms with Crippen LogP contribution in [-0.4, -0.2) is 28.2 Å². The number of nitrogens with zero attached hydrogens (tertiary/aromatic N) is 1. The number of aryl methyl sites for hydroxylation is 2. The van der Waals surface area contributed by atoms with Gasteiger partial charge in [0.1, 0.15) is 0 Å². The van der Waals surface area contributed by atoms with E-state index in [1.165, 1.54) is 23.5 Å². The van der Waals surface area contributed by atoms with Crippen LogP contribution in [0.2, 0.25) is 0 Å². The van der Waals surface area contributed by atoms with Gasteiger partial charge in [-0.05, 0) is 61.7 Å². The van der Waals surface area contributed by atoms with Crippen molar-refractivity contribution in [2.24, 2.45) is 5.14 Å². The van der Waals surface area contributed by atoms with E-state index >= 15 is 0 Å². The molecule has 2 rings (SSSR count). The molecule has 0 bridgehead atoms.